The van der Waals surface area contributed by atoms with E-state index in [0.29, 0.717) is 26.1 Å². The van der Waals surface area contributed by atoms with Gasteiger partial charge in [0.2, 0.25) is 5.91 Å². The Morgan fingerprint density at radius 2 is 2.09 bits per heavy atom. The van der Waals surface area contributed by atoms with Crippen molar-refractivity contribution in [1.82, 2.24) is 4.90 Å². The van der Waals surface area contributed by atoms with Gasteiger partial charge in [0.1, 0.15) is 6.61 Å². The number of likely N-dealkylation sites (tertiary alicyclic amines) is 1. The third-order valence-electron chi connectivity index (χ3n) is 4.09. The maximum absolute atomic E-state index is 12.1. The van der Waals surface area contributed by atoms with Crippen LogP contribution in [-0.2, 0) is 14.3 Å². The number of aliphatic carboxylic acids is 1. The van der Waals surface area contributed by atoms with Crippen molar-refractivity contribution in [2.45, 2.75) is 25.7 Å². The van der Waals surface area contributed by atoms with Gasteiger partial charge in [0.05, 0.1) is 12.5 Å². The molecule has 0 spiro atoms. The fraction of sp³-hybridized carbons (Fsp3) is 0.529. The largest absolute Gasteiger partial charge is 0.481 e. The highest BCUT2D eigenvalue weighted by molar-refractivity contribution is 5.79. The minimum atomic E-state index is -0.823. The van der Waals surface area contributed by atoms with Gasteiger partial charge in [0.15, 0.2) is 0 Å². The van der Waals surface area contributed by atoms with Crippen LogP contribution in [0.1, 0.15) is 31.2 Å². The summed E-state index contributed by atoms with van der Waals surface area (Å²) < 4.78 is 5.52. The summed E-state index contributed by atoms with van der Waals surface area (Å²) in [6.07, 6.45) is 1.38. The van der Waals surface area contributed by atoms with Gasteiger partial charge in [0.25, 0.3) is 0 Å². The van der Waals surface area contributed by atoms with Crippen molar-refractivity contribution in [1.29, 1.82) is 0 Å². The molecular weight excluding hydrogens is 282 g/mol. The molecule has 1 heterocycles. The van der Waals surface area contributed by atoms with Crippen LogP contribution >= 0.6 is 0 Å². The average Bonchev–Trinajstić information content (AvgIpc) is 2.55. The molecule has 120 valence electrons. The number of amides is 1. The molecule has 2 atom stereocenters. The molecule has 1 amide bonds. The molecule has 5 nitrogen and oxygen atoms in total. The molecule has 1 saturated heterocycles. The molecule has 5 heteroatoms. The number of carbonyl (C=O) groups excluding carboxylic acids is 1. The molecule has 2 unspecified atom stereocenters. The van der Waals surface area contributed by atoms with Crippen LogP contribution in [-0.4, -0.2) is 48.2 Å². The van der Waals surface area contributed by atoms with Crippen molar-refractivity contribution in [2.75, 3.05) is 26.3 Å². The Balaban J connectivity index is 1.74. The second kappa shape index (κ2) is 7.94. The van der Waals surface area contributed by atoms with Crippen LogP contribution in [0.5, 0.6) is 0 Å². The number of nitrogens with zero attached hydrogens (tertiary/aromatic N) is 1. The van der Waals surface area contributed by atoms with E-state index < -0.39 is 11.9 Å². The summed E-state index contributed by atoms with van der Waals surface area (Å²) in [7, 11) is 0. The van der Waals surface area contributed by atoms with Crippen molar-refractivity contribution in [3.8, 4) is 0 Å². The normalized spacial score (nSPS) is 19.7. The van der Waals surface area contributed by atoms with Crippen LogP contribution in [0.2, 0.25) is 0 Å². The van der Waals surface area contributed by atoms with E-state index in [1.165, 1.54) is 5.56 Å². The van der Waals surface area contributed by atoms with Crippen LogP contribution in [0.15, 0.2) is 30.3 Å². The minimum absolute atomic E-state index is 0.0174. The highest BCUT2D eigenvalue weighted by Gasteiger charge is 2.28. The number of carboxylic acid groups (broad SMARTS) is 1. The van der Waals surface area contributed by atoms with E-state index >= 15 is 0 Å². The summed E-state index contributed by atoms with van der Waals surface area (Å²) >= 11 is 0. The van der Waals surface area contributed by atoms with Gasteiger partial charge in [0, 0.05) is 19.0 Å². The summed E-state index contributed by atoms with van der Waals surface area (Å²) in [5.74, 6) is -1.16. The van der Waals surface area contributed by atoms with E-state index in [4.69, 9.17) is 9.84 Å². The van der Waals surface area contributed by atoms with Crippen molar-refractivity contribution < 1.29 is 19.4 Å². The first-order valence-electron chi connectivity index (χ1n) is 7.71. The zero-order valence-electron chi connectivity index (χ0n) is 12.9. The Morgan fingerprint density at radius 3 is 2.77 bits per heavy atom. The van der Waals surface area contributed by atoms with Gasteiger partial charge < -0.3 is 14.7 Å². The smallest absolute Gasteiger partial charge is 0.308 e. The van der Waals surface area contributed by atoms with E-state index in [1.807, 2.05) is 30.3 Å². The molecule has 0 saturated carbocycles. The second-order valence-electron chi connectivity index (χ2n) is 5.84. The van der Waals surface area contributed by atoms with E-state index in [-0.39, 0.29) is 18.4 Å². The topological polar surface area (TPSA) is 66.8 Å². The summed E-state index contributed by atoms with van der Waals surface area (Å²) in [5.41, 5.74) is 1.18. The maximum atomic E-state index is 12.1. The molecule has 0 radical (unpaired) electrons. The number of piperidine rings is 1. The summed E-state index contributed by atoms with van der Waals surface area (Å²) in [6.45, 7) is 3.47. The predicted molar refractivity (Wildman–Crippen MR) is 82.6 cm³/mol. The number of hydrogen-bond donors (Lipinski definition) is 1. The first-order valence-corrected chi connectivity index (χ1v) is 7.71. The first kappa shape index (κ1) is 16.5. The van der Waals surface area contributed by atoms with Gasteiger partial charge in [-0.05, 0) is 18.4 Å². The molecular formula is C17H23NO4. The maximum Gasteiger partial charge on any atom is 0.308 e. The monoisotopic (exact) mass is 305 g/mol. The van der Waals surface area contributed by atoms with Gasteiger partial charge in [-0.2, -0.15) is 0 Å². The lowest BCUT2D eigenvalue weighted by Crippen LogP contribution is -2.43. The SMILES string of the molecule is CC(COCC(=O)N1CCCC(C(=O)O)C1)c1ccccc1. The molecule has 1 aliphatic heterocycles. The van der Waals surface area contributed by atoms with Crippen LogP contribution in [0.3, 0.4) is 0 Å². The zero-order valence-corrected chi connectivity index (χ0v) is 12.9. The lowest BCUT2D eigenvalue weighted by atomic mass is 9.98. The van der Waals surface area contributed by atoms with Crippen LogP contribution in [0.25, 0.3) is 0 Å². The molecule has 0 aromatic heterocycles. The van der Waals surface area contributed by atoms with E-state index in [2.05, 4.69) is 6.92 Å². The van der Waals surface area contributed by atoms with Gasteiger partial charge in [-0.15, -0.1) is 0 Å². The highest BCUT2D eigenvalue weighted by Crippen LogP contribution is 2.17. The predicted octanol–water partition coefficient (Wildman–Crippen LogP) is 2.13. The van der Waals surface area contributed by atoms with Gasteiger partial charge in [-0.1, -0.05) is 37.3 Å². The van der Waals surface area contributed by atoms with Crippen LogP contribution < -0.4 is 0 Å². The second-order valence-corrected chi connectivity index (χ2v) is 5.84. The van der Waals surface area contributed by atoms with Crippen molar-refractivity contribution in [3.05, 3.63) is 35.9 Å². The standard InChI is InChI=1S/C17H23NO4/c1-13(14-6-3-2-4-7-14)11-22-12-16(19)18-9-5-8-15(10-18)17(20)21/h2-4,6-7,13,15H,5,8-12H2,1H3,(H,20,21). The molecule has 1 aromatic rings. The van der Waals surface area contributed by atoms with Crippen molar-refractivity contribution in [2.24, 2.45) is 5.92 Å². The molecule has 1 fully saturated rings. The summed E-state index contributed by atoms with van der Waals surface area (Å²) in [4.78, 5) is 24.7. The highest BCUT2D eigenvalue weighted by atomic mass is 16.5. The van der Waals surface area contributed by atoms with E-state index in [9.17, 15) is 9.59 Å². The molecule has 0 aliphatic carbocycles. The van der Waals surface area contributed by atoms with E-state index in [1.54, 1.807) is 4.90 Å². The molecule has 2 rings (SSSR count). The number of hydrogen-bond acceptors (Lipinski definition) is 3. The van der Waals surface area contributed by atoms with Crippen molar-refractivity contribution >= 4 is 11.9 Å². The number of carbonyl (C=O) groups is 2. The van der Waals surface area contributed by atoms with E-state index in [0.717, 1.165) is 6.42 Å². The lowest BCUT2D eigenvalue weighted by molar-refractivity contribution is -0.147. The fourth-order valence-electron chi connectivity index (χ4n) is 2.70. The Hall–Kier alpha value is -1.88. The fourth-order valence-corrected chi connectivity index (χ4v) is 2.70. The Labute approximate surface area is 130 Å². The average molecular weight is 305 g/mol. The molecule has 1 aromatic carbocycles. The van der Waals surface area contributed by atoms with Crippen molar-refractivity contribution in [3.63, 3.8) is 0 Å². The minimum Gasteiger partial charge on any atom is -0.481 e. The third kappa shape index (κ3) is 4.56. The summed E-state index contributed by atoms with van der Waals surface area (Å²) in [5, 5.41) is 9.04. The van der Waals surface area contributed by atoms with Crippen LogP contribution in [0, 0.1) is 5.92 Å². The zero-order chi connectivity index (χ0) is 15.9. The van der Waals surface area contributed by atoms with Crippen LogP contribution in [0.4, 0.5) is 0 Å². The summed E-state index contributed by atoms with van der Waals surface area (Å²) in [6, 6.07) is 10.0. The van der Waals surface area contributed by atoms with Gasteiger partial charge in [-0.25, -0.2) is 0 Å². The number of benzene rings is 1. The Kier molecular flexibility index (Phi) is 5.95. The van der Waals surface area contributed by atoms with Gasteiger partial charge >= 0.3 is 5.97 Å². The first-order chi connectivity index (χ1) is 10.6. The molecule has 1 aliphatic rings. The van der Waals surface area contributed by atoms with Gasteiger partial charge in [-0.3, -0.25) is 9.59 Å². The number of ether oxygens (including phenoxy) is 1. The lowest BCUT2D eigenvalue weighted by Gasteiger charge is -2.30. The number of carboxylic acids is 1. The molecule has 1 N–H and O–H groups in total. The molecule has 0 bridgehead atoms. The Morgan fingerprint density at radius 1 is 1.36 bits per heavy atom. The molecule has 22 heavy (non-hydrogen) atoms. The Bertz CT molecular complexity index is 503. The number of rotatable bonds is 6. The third-order valence-corrected chi connectivity index (χ3v) is 4.09. The quantitative estimate of drug-likeness (QED) is 0.874.